The number of nitrogens with one attached hydrogen (secondary N) is 2. The van der Waals surface area contributed by atoms with Crippen molar-refractivity contribution in [3.8, 4) is 0 Å². The van der Waals surface area contributed by atoms with E-state index in [1.54, 1.807) is 0 Å². The average molecular weight is 429 g/mol. The molecule has 2 aromatic carbocycles. The summed E-state index contributed by atoms with van der Waals surface area (Å²) in [6.45, 7) is 4.00. The van der Waals surface area contributed by atoms with E-state index in [-0.39, 0.29) is 12.0 Å². The Balaban J connectivity index is 0.00000126. The molecule has 0 aromatic heterocycles. The van der Waals surface area contributed by atoms with Crippen LogP contribution in [0.25, 0.3) is 0 Å². The zero-order chi connectivity index (χ0) is 20.2. The number of sulfonamides is 1. The van der Waals surface area contributed by atoms with E-state index in [9.17, 15) is 8.42 Å². The highest BCUT2D eigenvalue weighted by atomic mass is 35.5. The van der Waals surface area contributed by atoms with Gasteiger partial charge in [0.05, 0.1) is 16.3 Å². The lowest BCUT2D eigenvalue weighted by Crippen LogP contribution is -2.24. The van der Waals surface area contributed by atoms with Crippen molar-refractivity contribution >= 4 is 38.9 Å². The van der Waals surface area contributed by atoms with Crippen LogP contribution >= 0.6 is 23.2 Å². The van der Waals surface area contributed by atoms with Crippen LogP contribution in [-0.2, 0) is 10.0 Å². The van der Waals surface area contributed by atoms with Crippen LogP contribution in [0.4, 0.5) is 5.69 Å². The van der Waals surface area contributed by atoms with Crippen LogP contribution in [0, 0.1) is 0 Å². The number of benzene rings is 2. The SMILES string of the molecule is CC.CNC1CCC(c2ccc(Cl)c(Cl)c2)c2ccc(NS(C)(=O)=O)cc21. The molecule has 2 atom stereocenters. The van der Waals surface area contributed by atoms with Crippen molar-refractivity contribution in [2.45, 2.75) is 38.6 Å². The third kappa shape index (κ3) is 5.38. The molecule has 2 aromatic rings. The van der Waals surface area contributed by atoms with Crippen molar-refractivity contribution < 1.29 is 8.42 Å². The summed E-state index contributed by atoms with van der Waals surface area (Å²) in [6.07, 6.45) is 3.09. The fourth-order valence-electron chi connectivity index (χ4n) is 3.49. The van der Waals surface area contributed by atoms with Crippen molar-refractivity contribution in [3.63, 3.8) is 0 Å². The lowest BCUT2D eigenvalue weighted by molar-refractivity contribution is 0.471. The van der Waals surface area contributed by atoms with Crippen molar-refractivity contribution in [1.82, 2.24) is 5.32 Å². The first-order chi connectivity index (χ1) is 12.8. The fraction of sp³-hybridized carbons (Fsp3) is 0.400. The highest BCUT2D eigenvalue weighted by Gasteiger charge is 2.28. The van der Waals surface area contributed by atoms with Gasteiger partial charge >= 0.3 is 0 Å². The molecule has 7 heteroatoms. The monoisotopic (exact) mass is 428 g/mol. The summed E-state index contributed by atoms with van der Waals surface area (Å²) < 4.78 is 25.6. The summed E-state index contributed by atoms with van der Waals surface area (Å²) in [5, 5.41) is 4.41. The Morgan fingerprint density at radius 1 is 0.963 bits per heavy atom. The Labute approximate surface area is 172 Å². The maximum absolute atomic E-state index is 11.5. The van der Waals surface area contributed by atoms with Crippen LogP contribution in [0.1, 0.15) is 55.3 Å². The van der Waals surface area contributed by atoms with E-state index in [2.05, 4.69) is 10.0 Å². The lowest BCUT2D eigenvalue weighted by Gasteiger charge is -2.32. The van der Waals surface area contributed by atoms with E-state index in [1.807, 2.05) is 57.3 Å². The number of hydrogen-bond acceptors (Lipinski definition) is 3. The van der Waals surface area contributed by atoms with E-state index < -0.39 is 10.0 Å². The predicted octanol–water partition coefficient (Wildman–Crippen LogP) is 5.58. The van der Waals surface area contributed by atoms with Gasteiger partial charge in [-0.2, -0.15) is 0 Å². The first kappa shape index (κ1) is 22.0. The summed E-state index contributed by atoms with van der Waals surface area (Å²) >= 11 is 12.2. The van der Waals surface area contributed by atoms with Gasteiger partial charge in [0.25, 0.3) is 0 Å². The summed E-state index contributed by atoms with van der Waals surface area (Å²) in [5.74, 6) is 0.210. The third-order valence-corrected chi connectivity index (χ3v) is 5.92. The minimum absolute atomic E-state index is 0.190. The second-order valence-corrected chi connectivity index (χ2v) is 8.93. The first-order valence-corrected chi connectivity index (χ1v) is 11.7. The maximum Gasteiger partial charge on any atom is 0.229 e. The highest BCUT2D eigenvalue weighted by Crippen LogP contribution is 2.43. The van der Waals surface area contributed by atoms with Crippen LogP contribution in [0.5, 0.6) is 0 Å². The first-order valence-electron chi connectivity index (χ1n) is 9.02. The molecule has 1 aliphatic carbocycles. The van der Waals surface area contributed by atoms with Crippen LogP contribution in [0.3, 0.4) is 0 Å². The molecular formula is C20H26Cl2N2O2S. The summed E-state index contributed by atoms with van der Waals surface area (Å²) in [6, 6.07) is 11.7. The zero-order valence-electron chi connectivity index (χ0n) is 16.0. The Bertz CT molecular complexity index is 901. The largest absolute Gasteiger partial charge is 0.313 e. The Morgan fingerprint density at radius 2 is 1.67 bits per heavy atom. The maximum atomic E-state index is 11.5. The number of hydrogen-bond donors (Lipinski definition) is 2. The Morgan fingerprint density at radius 3 is 2.26 bits per heavy atom. The molecule has 27 heavy (non-hydrogen) atoms. The molecule has 0 amide bonds. The number of halogens is 2. The van der Waals surface area contributed by atoms with Gasteiger partial charge in [-0.1, -0.05) is 49.2 Å². The Kier molecular flexibility index (Phi) is 7.57. The molecule has 0 bridgehead atoms. The smallest absolute Gasteiger partial charge is 0.229 e. The van der Waals surface area contributed by atoms with Crippen molar-refractivity contribution in [2.24, 2.45) is 0 Å². The van der Waals surface area contributed by atoms with Crippen LogP contribution in [0.15, 0.2) is 36.4 Å². The Hall–Kier alpha value is -1.27. The van der Waals surface area contributed by atoms with Gasteiger partial charge in [-0.05, 0) is 60.8 Å². The second-order valence-electron chi connectivity index (χ2n) is 6.36. The molecule has 148 valence electrons. The van der Waals surface area contributed by atoms with E-state index in [0.29, 0.717) is 15.7 Å². The number of rotatable bonds is 4. The van der Waals surface area contributed by atoms with Crippen molar-refractivity contribution in [3.05, 3.63) is 63.1 Å². The van der Waals surface area contributed by atoms with Gasteiger partial charge < -0.3 is 5.32 Å². The molecule has 0 heterocycles. The quantitative estimate of drug-likeness (QED) is 0.667. The van der Waals surface area contributed by atoms with Gasteiger partial charge in [0.15, 0.2) is 0 Å². The molecule has 0 radical (unpaired) electrons. The standard InChI is InChI=1S/C18H20Cl2N2O2S.C2H6/c1-21-18-8-6-13(11-3-7-16(19)17(20)9-11)14-5-4-12(10-15(14)18)22-25(2,23)24;1-2/h3-5,7,9-10,13,18,21-22H,6,8H2,1-2H3;1-2H3. The molecular weight excluding hydrogens is 403 g/mol. The summed E-state index contributed by atoms with van der Waals surface area (Å²) in [7, 11) is -1.39. The van der Waals surface area contributed by atoms with Gasteiger partial charge in [0.1, 0.15) is 0 Å². The summed E-state index contributed by atoms with van der Waals surface area (Å²) in [4.78, 5) is 0. The van der Waals surface area contributed by atoms with Gasteiger partial charge in [-0.15, -0.1) is 0 Å². The zero-order valence-corrected chi connectivity index (χ0v) is 18.3. The molecule has 2 N–H and O–H groups in total. The molecule has 0 fully saturated rings. The average Bonchev–Trinajstić information content (AvgIpc) is 2.63. The van der Waals surface area contributed by atoms with Crippen LogP contribution in [-0.4, -0.2) is 21.7 Å². The van der Waals surface area contributed by atoms with Crippen molar-refractivity contribution in [2.75, 3.05) is 18.0 Å². The fourth-order valence-corrected chi connectivity index (χ4v) is 4.35. The minimum Gasteiger partial charge on any atom is -0.313 e. The lowest BCUT2D eigenvalue weighted by atomic mass is 9.76. The minimum atomic E-state index is -3.31. The van der Waals surface area contributed by atoms with E-state index in [4.69, 9.17) is 23.2 Å². The topological polar surface area (TPSA) is 58.2 Å². The molecule has 1 aliphatic rings. The second kappa shape index (κ2) is 9.28. The molecule has 0 saturated heterocycles. The van der Waals surface area contributed by atoms with Gasteiger partial charge in [0.2, 0.25) is 10.0 Å². The third-order valence-electron chi connectivity index (χ3n) is 4.58. The highest BCUT2D eigenvalue weighted by molar-refractivity contribution is 7.92. The van der Waals surface area contributed by atoms with E-state index in [1.165, 1.54) is 5.56 Å². The van der Waals surface area contributed by atoms with Gasteiger partial charge in [0, 0.05) is 17.6 Å². The van der Waals surface area contributed by atoms with Crippen LogP contribution < -0.4 is 10.0 Å². The van der Waals surface area contributed by atoms with E-state index >= 15 is 0 Å². The van der Waals surface area contributed by atoms with Gasteiger partial charge in [-0.3, -0.25) is 4.72 Å². The van der Waals surface area contributed by atoms with E-state index in [0.717, 1.165) is 30.2 Å². The van der Waals surface area contributed by atoms with Crippen molar-refractivity contribution in [1.29, 1.82) is 0 Å². The predicted molar refractivity (Wildman–Crippen MR) is 116 cm³/mol. The molecule has 4 nitrogen and oxygen atoms in total. The summed E-state index contributed by atoms with van der Waals surface area (Å²) in [5.41, 5.74) is 3.99. The molecule has 0 saturated carbocycles. The molecule has 0 spiro atoms. The molecule has 2 unspecified atom stereocenters. The molecule has 0 aliphatic heterocycles. The number of anilines is 1. The van der Waals surface area contributed by atoms with Gasteiger partial charge in [-0.25, -0.2) is 8.42 Å². The van der Waals surface area contributed by atoms with Crippen LogP contribution in [0.2, 0.25) is 10.0 Å². The normalized spacial score (nSPS) is 18.9. The molecule has 3 rings (SSSR count). The number of fused-ring (bicyclic) bond motifs is 1.